The molecule has 0 bridgehead atoms. The summed E-state index contributed by atoms with van der Waals surface area (Å²) in [5.41, 5.74) is 0. The number of ketones is 1. The molecule has 0 aromatic carbocycles. The molecule has 4 heteroatoms. The van der Waals surface area contributed by atoms with Crippen molar-refractivity contribution in [3.05, 3.63) is 11.8 Å². The van der Waals surface area contributed by atoms with E-state index in [2.05, 4.69) is 4.90 Å². The highest BCUT2D eigenvalue weighted by Crippen LogP contribution is 2.21. The van der Waals surface area contributed by atoms with Crippen LogP contribution in [0.1, 0.15) is 12.8 Å². The van der Waals surface area contributed by atoms with E-state index in [0.717, 1.165) is 32.8 Å². The molecule has 1 heterocycles. The van der Waals surface area contributed by atoms with E-state index in [0.29, 0.717) is 12.8 Å². The van der Waals surface area contributed by atoms with Gasteiger partial charge >= 0.3 is 0 Å². The lowest BCUT2D eigenvalue weighted by Gasteiger charge is -2.31. The molecule has 84 valence electrons. The lowest BCUT2D eigenvalue weighted by Crippen LogP contribution is -2.40. The number of hydrogen-bond acceptors (Lipinski definition) is 4. The highest BCUT2D eigenvalue weighted by atomic mass is 16.5. The molecule has 1 N–H and O–H groups in total. The maximum absolute atomic E-state index is 11.2. The molecule has 0 radical (unpaired) electrons. The second-order valence-electron chi connectivity index (χ2n) is 4.29. The minimum atomic E-state index is 0.0528. The zero-order valence-corrected chi connectivity index (χ0v) is 8.82. The van der Waals surface area contributed by atoms with E-state index in [4.69, 9.17) is 4.74 Å². The van der Waals surface area contributed by atoms with Crippen LogP contribution >= 0.6 is 0 Å². The number of morpholine rings is 1. The maximum Gasteiger partial charge on any atom is 0.159 e. The van der Waals surface area contributed by atoms with Crippen LogP contribution in [0, 0.1) is 5.92 Å². The molecule has 0 aromatic rings. The molecule has 0 amide bonds. The van der Waals surface area contributed by atoms with E-state index >= 15 is 0 Å². The summed E-state index contributed by atoms with van der Waals surface area (Å²) in [7, 11) is 0. The first kappa shape index (κ1) is 10.6. The van der Waals surface area contributed by atoms with Gasteiger partial charge in [0.25, 0.3) is 0 Å². The lowest BCUT2D eigenvalue weighted by atomic mass is 9.91. The average molecular weight is 211 g/mol. The van der Waals surface area contributed by atoms with Gasteiger partial charge in [-0.1, -0.05) is 0 Å². The summed E-state index contributed by atoms with van der Waals surface area (Å²) >= 11 is 0. The molecule has 4 nitrogen and oxygen atoms in total. The minimum Gasteiger partial charge on any atom is -0.512 e. The normalized spacial score (nSPS) is 28.9. The predicted molar refractivity (Wildman–Crippen MR) is 55.7 cm³/mol. The van der Waals surface area contributed by atoms with Crippen molar-refractivity contribution in [2.45, 2.75) is 12.8 Å². The van der Waals surface area contributed by atoms with Crippen LogP contribution in [0.5, 0.6) is 0 Å². The van der Waals surface area contributed by atoms with E-state index in [9.17, 15) is 9.90 Å². The summed E-state index contributed by atoms with van der Waals surface area (Å²) in [5.74, 6) is 0.571. The Bertz CT molecular complexity index is 269. The lowest BCUT2D eigenvalue weighted by molar-refractivity contribution is -0.116. The number of aliphatic hydroxyl groups is 1. The fourth-order valence-corrected chi connectivity index (χ4v) is 2.23. The second kappa shape index (κ2) is 4.77. The number of carbonyl (C=O) groups excluding carboxylic acids is 1. The van der Waals surface area contributed by atoms with E-state index in [1.807, 2.05) is 0 Å². The molecule has 1 aliphatic carbocycles. The van der Waals surface area contributed by atoms with Crippen molar-refractivity contribution < 1.29 is 14.6 Å². The highest BCUT2D eigenvalue weighted by Gasteiger charge is 2.23. The van der Waals surface area contributed by atoms with Crippen LogP contribution in [-0.4, -0.2) is 48.6 Å². The Morgan fingerprint density at radius 1 is 1.40 bits per heavy atom. The highest BCUT2D eigenvalue weighted by molar-refractivity contribution is 5.91. The van der Waals surface area contributed by atoms with Crippen molar-refractivity contribution in [1.29, 1.82) is 0 Å². The first-order valence-electron chi connectivity index (χ1n) is 5.46. The standard InChI is InChI=1S/C11H17NO3/c13-10-5-9(6-11(14)7-10)8-12-1-3-15-4-2-12/h7,9,13H,1-6,8H2. The Morgan fingerprint density at radius 3 is 2.80 bits per heavy atom. The molecule has 1 saturated heterocycles. The maximum atomic E-state index is 11.2. The summed E-state index contributed by atoms with van der Waals surface area (Å²) in [6, 6.07) is 0. The monoisotopic (exact) mass is 211 g/mol. The van der Waals surface area contributed by atoms with Gasteiger partial charge < -0.3 is 9.84 Å². The van der Waals surface area contributed by atoms with Gasteiger partial charge in [-0.05, 0) is 5.92 Å². The third kappa shape index (κ3) is 3.04. The number of rotatable bonds is 2. The van der Waals surface area contributed by atoms with Crippen LogP contribution in [0.2, 0.25) is 0 Å². The molecular formula is C11H17NO3. The number of nitrogens with zero attached hydrogens (tertiary/aromatic N) is 1. The fraction of sp³-hybridized carbons (Fsp3) is 0.727. The van der Waals surface area contributed by atoms with Gasteiger partial charge in [-0.2, -0.15) is 0 Å². The van der Waals surface area contributed by atoms with Crippen LogP contribution in [0.15, 0.2) is 11.8 Å². The third-order valence-electron chi connectivity index (χ3n) is 2.94. The van der Waals surface area contributed by atoms with Gasteiger partial charge in [0.2, 0.25) is 0 Å². The topological polar surface area (TPSA) is 49.8 Å². The third-order valence-corrected chi connectivity index (χ3v) is 2.94. The minimum absolute atomic E-state index is 0.0528. The smallest absolute Gasteiger partial charge is 0.159 e. The van der Waals surface area contributed by atoms with Crippen molar-refractivity contribution in [2.75, 3.05) is 32.8 Å². The van der Waals surface area contributed by atoms with Gasteiger partial charge in [-0.3, -0.25) is 9.69 Å². The van der Waals surface area contributed by atoms with Crippen molar-refractivity contribution >= 4 is 5.78 Å². The molecule has 15 heavy (non-hydrogen) atoms. The zero-order valence-electron chi connectivity index (χ0n) is 8.82. The Kier molecular flexibility index (Phi) is 3.38. The Balaban J connectivity index is 1.84. The van der Waals surface area contributed by atoms with Gasteiger partial charge in [0.15, 0.2) is 5.78 Å². The van der Waals surface area contributed by atoms with Crippen molar-refractivity contribution in [2.24, 2.45) is 5.92 Å². The average Bonchev–Trinajstić information content (AvgIpc) is 2.17. The summed E-state index contributed by atoms with van der Waals surface area (Å²) in [6.07, 6.45) is 2.57. The number of carbonyl (C=O) groups is 1. The van der Waals surface area contributed by atoms with Gasteiger partial charge in [0.05, 0.1) is 19.0 Å². The van der Waals surface area contributed by atoms with Crippen LogP contribution in [0.25, 0.3) is 0 Å². The zero-order chi connectivity index (χ0) is 10.7. The molecular weight excluding hydrogens is 194 g/mol. The van der Waals surface area contributed by atoms with Gasteiger partial charge in [0, 0.05) is 38.6 Å². The molecule has 1 aliphatic heterocycles. The Hall–Kier alpha value is -0.870. The number of ether oxygens (including phenoxy) is 1. The molecule has 0 spiro atoms. The molecule has 1 atom stereocenters. The Labute approximate surface area is 89.5 Å². The molecule has 1 unspecified atom stereocenters. The largest absolute Gasteiger partial charge is 0.512 e. The van der Waals surface area contributed by atoms with Crippen LogP contribution in [0.4, 0.5) is 0 Å². The van der Waals surface area contributed by atoms with Gasteiger partial charge in [-0.25, -0.2) is 0 Å². The summed E-state index contributed by atoms with van der Waals surface area (Å²) in [6.45, 7) is 4.34. The summed E-state index contributed by atoms with van der Waals surface area (Å²) < 4.78 is 5.26. The first-order chi connectivity index (χ1) is 7.24. The van der Waals surface area contributed by atoms with Crippen LogP contribution in [0.3, 0.4) is 0 Å². The Morgan fingerprint density at radius 2 is 2.13 bits per heavy atom. The predicted octanol–water partition coefficient (Wildman–Crippen LogP) is 0.740. The molecule has 0 saturated carbocycles. The molecule has 0 aromatic heterocycles. The molecule has 2 rings (SSSR count). The number of aliphatic hydroxyl groups excluding tert-OH is 1. The van der Waals surface area contributed by atoms with Gasteiger partial charge in [-0.15, -0.1) is 0 Å². The SMILES string of the molecule is O=C1C=C(O)CC(CN2CCOCC2)C1. The van der Waals surface area contributed by atoms with E-state index in [1.165, 1.54) is 6.08 Å². The number of hydrogen-bond donors (Lipinski definition) is 1. The molecule has 1 fully saturated rings. The summed E-state index contributed by atoms with van der Waals surface area (Å²) in [4.78, 5) is 13.6. The van der Waals surface area contributed by atoms with Crippen molar-refractivity contribution in [3.8, 4) is 0 Å². The summed E-state index contributed by atoms with van der Waals surface area (Å²) in [5, 5.41) is 9.38. The van der Waals surface area contributed by atoms with Crippen LogP contribution < -0.4 is 0 Å². The second-order valence-corrected chi connectivity index (χ2v) is 4.29. The van der Waals surface area contributed by atoms with E-state index in [-0.39, 0.29) is 17.5 Å². The van der Waals surface area contributed by atoms with Crippen LogP contribution in [-0.2, 0) is 9.53 Å². The fourth-order valence-electron chi connectivity index (χ4n) is 2.23. The molecule has 2 aliphatic rings. The van der Waals surface area contributed by atoms with Gasteiger partial charge in [0.1, 0.15) is 0 Å². The number of allylic oxidation sites excluding steroid dienone is 2. The quantitative estimate of drug-likeness (QED) is 0.732. The van der Waals surface area contributed by atoms with Crippen molar-refractivity contribution in [1.82, 2.24) is 4.90 Å². The van der Waals surface area contributed by atoms with E-state index < -0.39 is 0 Å². The van der Waals surface area contributed by atoms with E-state index in [1.54, 1.807) is 0 Å². The van der Waals surface area contributed by atoms with Crippen molar-refractivity contribution in [3.63, 3.8) is 0 Å². The first-order valence-corrected chi connectivity index (χ1v) is 5.46.